The molecule has 0 bridgehead atoms. The van der Waals surface area contributed by atoms with Gasteiger partial charge in [0.05, 0.1) is 4.88 Å². The van der Waals surface area contributed by atoms with Gasteiger partial charge in [-0.15, -0.1) is 21.5 Å². The number of rotatable bonds is 1. The van der Waals surface area contributed by atoms with Crippen molar-refractivity contribution in [2.45, 2.75) is 25.7 Å². The minimum atomic E-state index is 0.454. The maximum Gasteiger partial charge on any atom is 0.195 e. The molecule has 3 heterocycles. The van der Waals surface area contributed by atoms with E-state index in [1.807, 2.05) is 17.4 Å². The first-order chi connectivity index (χ1) is 9.31. The average molecular weight is 291 g/mol. The molecule has 1 aliphatic carbocycles. The van der Waals surface area contributed by atoms with Crippen molar-refractivity contribution in [1.82, 2.24) is 19.8 Å². The Morgan fingerprint density at radius 3 is 2.95 bits per heavy atom. The molecule has 0 aliphatic heterocycles. The molecule has 0 N–H and O–H groups in total. The molecule has 0 atom stereocenters. The Hall–Kier alpha value is -1.46. The second-order valence-electron chi connectivity index (χ2n) is 4.72. The minimum absolute atomic E-state index is 0.454. The Labute approximate surface area is 119 Å². The summed E-state index contributed by atoms with van der Waals surface area (Å²) >= 11 is 7.76. The van der Waals surface area contributed by atoms with E-state index < -0.39 is 0 Å². The number of aromatic nitrogens is 4. The lowest BCUT2D eigenvalue weighted by Crippen LogP contribution is -1.96. The zero-order chi connectivity index (χ0) is 12.8. The van der Waals surface area contributed by atoms with Gasteiger partial charge in [0.15, 0.2) is 11.5 Å². The molecule has 4 rings (SSSR count). The van der Waals surface area contributed by atoms with E-state index in [1.165, 1.54) is 36.1 Å². The van der Waals surface area contributed by atoms with Gasteiger partial charge < -0.3 is 0 Å². The van der Waals surface area contributed by atoms with Crippen molar-refractivity contribution in [3.63, 3.8) is 0 Å². The SMILES string of the molecule is Clc1ccc2nnc(-c3cc4c(s3)CCCC4)n2n1. The fourth-order valence-electron chi connectivity index (χ4n) is 2.52. The third kappa shape index (κ3) is 1.84. The Morgan fingerprint density at radius 2 is 2.05 bits per heavy atom. The van der Waals surface area contributed by atoms with Gasteiger partial charge in [-0.2, -0.15) is 9.61 Å². The molecule has 0 fully saturated rings. The highest BCUT2D eigenvalue weighted by molar-refractivity contribution is 7.15. The van der Waals surface area contributed by atoms with Crippen molar-refractivity contribution in [3.05, 3.63) is 33.8 Å². The molecular weight excluding hydrogens is 280 g/mol. The fraction of sp³-hybridized carbons (Fsp3) is 0.308. The number of nitrogens with zero attached hydrogens (tertiary/aromatic N) is 4. The van der Waals surface area contributed by atoms with Crippen molar-refractivity contribution in [1.29, 1.82) is 0 Å². The van der Waals surface area contributed by atoms with Gasteiger partial charge in [-0.25, -0.2) is 0 Å². The van der Waals surface area contributed by atoms with Crippen LogP contribution < -0.4 is 0 Å². The van der Waals surface area contributed by atoms with Crippen molar-refractivity contribution < 1.29 is 0 Å². The van der Waals surface area contributed by atoms with Gasteiger partial charge in [0.1, 0.15) is 5.15 Å². The molecule has 0 saturated carbocycles. The van der Waals surface area contributed by atoms with Crippen LogP contribution in [0, 0.1) is 0 Å². The molecule has 0 radical (unpaired) electrons. The van der Waals surface area contributed by atoms with Crippen LogP contribution in [0.15, 0.2) is 18.2 Å². The van der Waals surface area contributed by atoms with E-state index in [1.54, 1.807) is 10.6 Å². The van der Waals surface area contributed by atoms with E-state index in [-0.39, 0.29) is 0 Å². The largest absolute Gasteiger partial charge is 0.195 e. The minimum Gasteiger partial charge on any atom is -0.190 e. The molecule has 0 amide bonds. The molecule has 1 aliphatic rings. The summed E-state index contributed by atoms with van der Waals surface area (Å²) in [6.45, 7) is 0. The monoisotopic (exact) mass is 290 g/mol. The molecule has 19 heavy (non-hydrogen) atoms. The van der Waals surface area contributed by atoms with Crippen LogP contribution in [-0.2, 0) is 12.8 Å². The molecule has 3 aromatic rings. The summed E-state index contributed by atoms with van der Waals surface area (Å²) in [6, 6.07) is 5.80. The lowest BCUT2D eigenvalue weighted by molar-refractivity contribution is 0.697. The highest BCUT2D eigenvalue weighted by Gasteiger charge is 2.17. The van der Waals surface area contributed by atoms with Gasteiger partial charge in [-0.1, -0.05) is 11.6 Å². The summed E-state index contributed by atoms with van der Waals surface area (Å²) in [5.74, 6) is 0.789. The second kappa shape index (κ2) is 4.28. The molecule has 0 unspecified atom stereocenters. The third-order valence-corrected chi connectivity index (χ3v) is 4.88. The maximum atomic E-state index is 5.95. The Morgan fingerprint density at radius 1 is 1.16 bits per heavy atom. The van der Waals surface area contributed by atoms with Crippen LogP contribution >= 0.6 is 22.9 Å². The molecule has 0 aromatic carbocycles. The van der Waals surface area contributed by atoms with Crippen LogP contribution in [0.4, 0.5) is 0 Å². The van der Waals surface area contributed by atoms with E-state index in [0.29, 0.717) is 5.15 Å². The fourth-order valence-corrected chi connectivity index (χ4v) is 3.88. The average Bonchev–Trinajstić information content (AvgIpc) is 3.00. The Kier molecular flexibility index (Phi) is 2.56. The molecule has 4 nitrogen and oxygen atoms in total. The van der Waals surface area contributed by atoms with Gasteiger partial charge in [-0.3, -0.25) is 0 Å². The van der Waals surface area contributed by atoms with Crippen LogP contribution in [0.1, 0.15) is 23.3 Å². The summed E-state index contributed by atoms with van der Waals surface area (Å²) in [4.78, 5) is 2.62. The van der Waals surface area contributed by atoms with Gasteiger partial charge in [-0.05, 0) is 49.4 Å². The number of hydrogen-bond donors (Lipinski definition) is 0. The van der Waals surface area contributed by atoms with Crippen molar-refractivity contribution in [2.75, 3.05) is 0 Å². The molecule has 96 valence electrons. The summed E-state index contributed by atoms with van der Waals surface area (Å²) in [5.41, 5.74) is 2.19. The van der Waals surface area contributed by atoms with Crippen LogP contribution in [-0.4, -0.2) is 19.8 Å². The predicted octanol–water partition coefficient (Wildman–Crippen LogP) is 3.39. The lowest BCUT2D eigenvalue weighted by Gasteiger charge is -2.08. The first-order valence-electron chi connectivity index (χ1n) is 6.31. The van der Waals surface area contributed by atoms with E-state index in [2.05, 4.69) is 21.4 Å². The summed E-state index contributed by atoms with van der Waals surface area (Å²) in [7, 11) is 0. The van der Waals surface area contributed by atoms with Gasteiger partial charge in [0, 0.05) is 4.88 Å². The molecule has 3 aromatic heterocycles. The van der Waals surface area contributed by atoms with Crippen LogP contribution in [0.25, 0.3) is 16.3 Å². The first kappa shape index (κ1) is 11.4. The van der Waals surface area contributed by atoms with Crippen LogP contribution in [0.2, 0.25) is 5.15 Å². The predicted molar refractivity (Wildman–Crippen MR) is 75.7 cm³/mol. The highest BCUT2D eigenvalue weighted by Crippen LogP contribution is 2.34. The first-order valence-corrected chi connectivity index (χ1v) is 7.50. The topological polar surface area (TPSA) is 43.1 Å². The van der Waals surface area contributed by atoms with E-state index in [4.69, 9.17) is 11.6 Å². The second-order valence-corrected chi connectivity index (χ2v) is 6.24. The van der Waals surface area contributed by atoms with E-state index in [0.717, 1.165) is 16.3 Å². The number of aryl methyl sites for hydroxylation is 2. The lowest BCUT2D eigenvalue weighted by atomic mass is 9.99. The van der Waals surface area contributed by atoms with Crippen molar-refractivity contribution in [3.8, 4) is 10.7 Å². The van der Waals surface area contributed by atoms with E-state index >= 15 is 0 Å². The highest BCUT2D eigenvalue weighted by atomic mass is 35.5. The number of halogens is 1. The van der Waals surface area contributed by atoms with Crippen molar-refractivity contribution >= 4 is 28.6 Å². The number of hydrogen-bond acceptors (Lipinski definition) is 4. The van der Waals surface area contributed by atoms with Gasteiger partial charge in [0.25, 0.3) is 0 Å². The molecule has 0 spiro atoms. The van der Waals surface area contributed by atoms with Crippen LogP contribution in [0.3, 0.4) is 0 Å². The summed E-state index contributed by atoms with van der Waals surface area (Å²) in [5, 5.41) is 13.1. The van der Waals surface area contributed by atoms with Crippen molar-refractivity contribution in [2.24, 2.45) is 0 Å². The normalized spacial score (nSPS) is 14.8. The zero-order valence-electron chi connectivity index (χ0n) is 10.1. The number of fused-ring (bicyclic) bond motifs is 2. The number of thiophene rings is 1. The van der Waals surface area contributed by atoms with E-state index in [9.17, 15) is 0 Å². The Balaban J connectivity index is 1.89. The zero-order valence-corrected chi connectivity index (χ0v) is 11.7. The van der Waals surface area contributed by atoms with Gasteiger partial charge in [0.2, 0.25) is 0 Å². The summed E-state index contributed by atoms with van der Waals surface area (Å²) < 4.78 is 1.72. The third-order valence-electron chi connectivity index (χ3n) is 3.45. The van der Waals surface area contributed by atoms with Gasteiger partial charge >= 0.3 is 0 Å². The smallest absolute Gasteiger partial charge is 0.190 e. The standard InChI is InChI=1S/C13H11ClN4S/c14-11-5-6-12-15-16-13(18(12)17-11)10-7-8-3-1-2-4-9(8)19-10/h5-7H,1-4H2. The maximum absolute atomic E-state index is 5.95. The quantitative estimate of drug-likeness (QED) is 0.690. The Bertz CT molecular complexity index is 738. The molecular formula is C13H11ClN4S. The molecule has 0 saturated heterocycles. The van der Waals surface area contributed by atoms with Crippen LogP contribution in [0.5, 0.6) is 0 Å². The summed E-state index contributed by atoms with van der Waals surface area (Å²) in [6.07, 6.45) is 4.94. The molecule has 6 heteroatoms.